The maximum Gasteiger partial charge on any atom is 0.510 e. The highest BCUT2D eigenvalue weighted by Gasteiger charge is 2.12. The first-order valence-electron chi connectivity index (χ1n) is 2.85. The van der Waals surface area contributed by atoms with Gasteiger partial charge in [0.25, 0.3) is 0 Å². The molecule has 0 unspecified atom stereocenters. The fourth-order valence-corrected chi connectivity index (χ4v) is 0.612. The van der Waals surface area contributed by atoms with Crippen molar-refractivity contribution in [3.63, 3.8) is 0 Å². The summed E-state index contributed by atoms with van der Waals surface area (Å²) in [6.45, 7) is 1.81. The van der Waals surface area contributed by atoms with Crippen LogP contribution in [0, 0.1) is 6.92 Å². The first-order valence-corrected chi connectivity index (χ1v) is 2.85. The Morgan fingerprint density at radius 3 is 2.60 bits per heavy atom. The maximum atomic E-state index is 8.60. The molecule has 0 aliphatic rings. The third-order valence-corrected chi connectivity index (χ3v) is 1.07. The summed E-state index contributed by atoms with van der Waals surface area (Å²) in [6.07, 6.45) is 1.55. The smallest absolute Gasteiger partial charge is 0.422 e. The molecule has 1 aromatic rings. The Hall–Kier alpha value is -0.935. The van der Waals surface area contributed by atoms with Crippen LogP contribution < -0.4 is 5.59 Å². The SMILES string of the molecule is Cc1cnnc(B(O)O)c1. The second kappa shape index (κ2) is 2.77. The predicted octanol–water partition coefficient (Wildman–Crippen LogP) is -1.54. The van der Waals surface area contributed by atoms with Crippen molar-refractivity contribution < 1.29 is 10.0 Å². The lowest BCUT2D eigenvalue weighted by Gasteiger charge is -1.95. The number of aromatic nitrogens is 2. The van der Waals surface area contributed by atoms with E-state index in [0.29, 0.717) is 0 Å². The highest BCUT2D eigenvalue weighted by Crippen LogP contribution is 1.86. The molecule has 4 nitrogen and oxygen atoms in total. The van der Waals surface area contributed by atoms with Gasteiger partial charge in [0.2, 0.25) is 0 Å². The zero-order valence-electron chi connectivity index (χ0n) is 5.52. The van der Waals surface area contributed by atoms with Gasteiger partial charge in [-0.3, -0.25) is 0 Å². The molecular formula is C5H7BN2O2. The van der Waals surface area contributed by atoms with Gasteiger partial charge in [-0.25, -0.2) is 0 Å². The Labute approximate surface area is 58.7 Å². The van der Waals surface area contributed by atoms with Crippen LogP contribution in [0.15, 0.2) is 12.3 Å². The van der Waals surface area contributed by atoms with E-state index >= 15 is 0 Å². The molecule has 0 saturated heterocycles. The van der Waals surface area contributed by atoms with Crippen LogP contribution in [0.2, 0.25) is 0 Å². The van der Waals surface area contributed by atoms with Crippen LogP contribution in [0.25, 0.3) is 0 Å². The second-order valence-corrected chi connectivity index (χ2v) is 2.03. The van der Waals surface area contributed by atoms with E-state index in [1.54, 1.807) is 19.2 Å². The van der Waals surface area contributed by atoms with E-state index in [0.717, 1.165) is 5.56 Å². The first-order chi connectivity index (χ1) is 4.70. The van der Waals surface area contributed by atoms with Crippen LogP contribution >= 0.6 is 0 Å². The quantitative estimate of drug-likeness (QED) is 0.461. The van der Waals surface area contributed by atoms with Crippen LogP contribution in [-0.4, -0.2) is 27.4 Å². The van der Waals surface area contributed by atoms with Gasteiger partial charge in [0, 0.05) is 0 Å². The summed E-state index contributed by atoms with van der Waals surface area (Å²) in [7, 11) is -1.52. The summed E-state index contributed by atoms with van der Waals surface area (Å²) in [5.41, 5.74) is 1.04. The second-order valence-electron chi connectivity index (χ2n) is 2.03. The minimum atomic E-state index is -1.52. The van der Waals surface area contributed by atoms with Crippen LogP contribution in [0.4, 0.5) is 0 Å². The van der Waals surface area contributed by atoms with E-state index in [9.17, 15) is 0 Å². The zero-order chi connectivity index (χ0) is 7.56. The van der Waals surface area contributed by atoms with Gasteiger partial charge in [-0.15, -0.1) is 0 Å². The van der Waals surface area contributed by atoms with Crippen LogP contribution in [0.3, 0.4) is 0 Å². The van der Waals surface area contributed by atoms with Gasteiger partial charge in [-0.2, -0.15) is 10.2 Å². The number of aryl methyl sites for hydroxylation is 1. The van der Waals surface area contributed by atoms with Crippen LogP contribution in [0.5, 0.6) is 0 Å². The highest BCUT2D eigenvalue weighted by atomic mass is 16.4. The summed E-state index contributed by atoms with van der Waals surface area (Å²) < 4.78 is 0. The van der Waals surface area contributed by atoms with Gasteiger partial charge in [-0.05, 0) is 18.6 Å². The van der Waals surface area contributed by atoms with Crippen molar-refractivity contribution in [3.05, 3.63) is 17.8 Å². The number of hydrogen-bond acceptors (Lipinski definition) is 4. The van der Waals surface area contributed by atoms with Crippen molar-refractivity contribution in [1.82, 2.24) is 10.2 Å². The molecule has 5 heteroatoms. The zero-order valence-corrected chi connectivity index (χ0v) is 5.52. The topological polar surface area (TPSA) is 66.2 Å². The molecule has 1 heterocycles. The van der Waals surface area contributed by atoms with E-state index in [2.05, 4.69) is 10.2 Å². The van der Waals surface area contributed by atoms with Gasteiger partial charge in [-0.1, -0.05) is 0 Å². The molecule has 0 aliphatic carbocycles. The minimum absolute atomic E-state index is 0.181. The van der Waals surface area contributed by atoms with E-state index in [4.69, 9.17) is 10.0 Å². The molecule has 0 spiro atoms. The first kappa shape index (κ1) is 7.18. The fraction of sp³-hybridized carbons (Fsp3) is 0.200. The molecule has 0 atom stereocenters. The van der Waals surface area contributed by atoms with Crippen molar-refractivity contribution >= 4 is 12.7 Å². The van der Waals surface area contributed by atoms with E-state index in [1.807, 2.05) is 0 Å². The summed E-state index contributed by atoms with van der Waals surface area (Å²) in [4.78, 5) is 0. The van der Waals surface area contributed by atoms with E-state index in [1.165, 1.54) is 0 Å². The standard InChI is InChI=1S/C5H7BN2O2/c1-4-2-5(6(9)10)8-7-3-4/h2-3,9-10H,1H3. The Kier molecular flexibility index (Phi) is 1.98. The lowest BCUT2D eigenvalue weighted by Crippen LogP contribution is -2.33. The molecule has 0 amide bonds. The lowest BCUT2D eigenvalue weighted by atomic mass is 9.85. The summed E-state index contributed by atoms with van der Waals surface area (Å²) in [5, 5.41) is 24.2. The summed E-state index contributed by atoms with van der Waals surface area (Å²) >= 11 is 0. The number of rotatable bonds is 1. The molecule has 0 aliphatic heterocycles. The molecule has 10 heavy (non-hydrogen) atoms. The van der Waals surface area contributed by atoms with Gasteiger partial charge < -0.3 is 10.0 Å². The third-order valence-electron chi connectivity index (χ3n) is 1.07. The minimum Gasteiger partial charge on any atom is -0.422 e. The normalized spacial score (nSPS) is 9.50. The van der Waals surface area contributed by atoms with Crippen LogP contribution in [0.1, 0.15) is 5.56 Å². The molecule has 0 radical (unpaired) electrons. The summed E-state index contributed by atoms with van der Waals surface area (Å²) in [6, 6.07) is 1.57. The molecule has 0 saturated carbocycles. The Bertz CT molecular complexity index is 229. The van der Waals surface area contributed by atoms with Crippen molar-refractivity contribution in [2.24, 2.45) is 0 Å². The largest absolute Gasteiger partial charge is 0.510 e. The van der Waals surface area contributed by atoms with Gasteiger partial charge in [0.05, 0.1) is 11.8 Å². The third kappa shape index (κ3) is 1.52. The van der Waals surface area contributed by atoms with Gasteiger partial charge in [0.1, 0.15) is 0 Å². The molecule has 1 aromatic heterocycles. The average Bonchev–Trinajstić information content (AvgIpc) is 1.88. The molecule has 0 bridgehead atoms. The Morgan fingerprint density at radius 2 is 2.20 bits per heavy atom. The Balaban J connectivity index is 2.96. The maximum absolute atomic E-state index is 8.60. The van der Waals surface area contributed by atoms with E-state index < -0.39 is 7.12 Å². The Morgan fingerprint density at radius 1 is 1.50 bits per heavy atom. The average molecular weight is 138 g/mol. The van der Waals surface area contributed by atoms with Crippen molar-refractivity contribution in [1.29, 1.82) is 0 Å². The highest BCUT2D eigenvalue weighted by molar-refractivity contribution is 6.57. The monoisotopic (exact) mass is 138 g/mol. The molecule has 0 fully saturated rings. The van der Waals surface area contributed by atoms with E-state index in [-0.39, 0.29) is 5.59 Å². The van der Waals surface area contributed by atoms with Crippen molar-refractivity contribution in [2.75, 3.05) is 0 Å². The lowest BCUT2D eigenvalue weighted by molar-refractivity contribution is 0.423. The molecule has 1 rings (SSSR count). The predicted molar refractivity (Wildman–Crippen MR) is 36.6 cm³/mol. The van der Waals surface area contributed by atoms with Gasteiger partial charge >= 0.3 is 7.12 Å². The van der Waals surface area contributed by atoms with Crippen molar-refractivity contribution in [2.45, 2.75) is 6.92 Å². The van der Waals surface area contributed by atoms with Crippen molar-refractivity contribution in [3.8, 4) is 0 Å². The number of nitrogens with zero attached hydrogens (tertiary/aromatic N) is 2. The molecule has 0 aromatic carbocycles. The van der Waals surface area contributed by atoms with Crippen LogP contribution in [-0.2, 0) is 0 Å². The summed E-state index contributed by atoms with van der Waals surface area (Å²) in [5.74, 6) is 0. The molecule has 2 N–H and O–H groups in total. The number of hydrogen-bond donors (Lipinski definition) is 2. The van der Waals surface area contributed by atoms with Gasteiger partial charge in [0.15, 0.2) is 0 Å². The molecule has 52 valence electrons. The fourth-order valence-electron chi connectivity index (χ4n) is 0.612. The molecular weight excluding hydrogens is 131 g/mol.